The summed E-state index contributed by atoms with van der Waals surface area (Å²) < 4.78 is 5.46. The van der Waals surface area contributed by atoms with Gasteiger partial charge in [-0.25, -0.2) is 9.78 Å². The van der Waals surface area contributed by atoms with Gasteiger partial charge in [-0.05, 0) is 49.8 Å². The van der Waals surface area contributed by atoms with E-state index in [1.165, 1.54) is 17.0 Å². The van der Waals surface area contributed by atoms with Gasteiger partial charge in [-0.2, -0.15) is 0 Å². The Labute approximate surface area is 165 Å². The number of fused-ring (bicyclic) bond motifs is 3. The van der Waals surface area contributed by atoms with E-state index in [-0.39, 0.29) is 5.56 Å². The van der Waals surface area contributed by atoms with Crippen LogP contribution >= 0.6 is 11.3 Å². The van der Waals surface area contributed by atoms with Crippen molar-refractivity contribution in [3.05, 3.63) is 62.0 Å². The Balaban J connectivity index is 1.60. The molecule has 0 amide bonds. The number of H-pyrrole nitrogens is 1. The SMILES string of the molecule is C[C@@H]1CCc2c(sc3nc([C@@H](C)OC(=O)c4ccc(C=O)cc4)[nH]c(=O)c23)C1. The first-order valence-corrected chi connectivity index (χ1v) is 10.1. The Kier molecular flexibility index (Phi) is 4.85. The second-order valence-corrected chi connectivity index (χ2v) is 8.35. The van der Waals surface area contributed by atoms with Crippen LogP contribution < -0.4 is 5.56 Å². The number of carbonyl (C=O) groups is 2. The van der Waals surface area contributed by atoms with Crippen LogP contribution in [0.2, 0.25) is 0 Å². The average molecular weight is 396 g/mol. The number of aldehydes is 1. The van der Waals surface area contributed by atoms with Crippen molar-refractivity contribution in [3.63, 3.8) is 0 Å². The topological polar surface area (TPSA) is 89.1 Å². The number of carbonyl (C=O) groups excluding carboxylic acids is 2. The van der Waals surface area contributed by atoms with Crippen molar-refractivity contribution in [2.75, 3.05) is 0 Å². The molecule has 0 spiro atoms. The van der Waals surface area contributed by atoms with Gasteiger partial charge in [0.15, 0.2) is 11.9 Å². The van der Waals surface area contributed by atoms with E-state index >= 15 is 0 Å². The summed E-state index contributed by atoms with van der Waals surface area (Å²) >= 11 is 1.56. The minimum Gasteiger partial charge on any atom is -0.451 e. The summed E-state index contributed by atoms with van der Waals surface area (Å²) in [6, 6.07) is 6.18. The van der Waals surface area contributed by atoms with Gasteiger partial charge >= 0.3 is 5.97 Å². The number of aryl methyl sites for hydroxylation is 1. The van der Waals surface area contributed by atoms with Crippen molar-refractivity contribution in [1.29, 1.82) is 0 Å². The van der Waals surface area contributed by atoms with Crippen molar-refractivity contribution in [1.82, 2.24) is 9.97 Å². The molecular weight excluding hydrogens is 376 g/mol. The molecule has 0 aliphatic heterocycles. The normalized spacial score (nSPS) is 17.1. The van der Waals surface area contributed by atoms with Crippen LogP contribution in [0.1, 0.15) is 63.4 Å². The number of esters is 1. The number of benzene rings is 1. The molecule has 4 rings (SSSR count). The van der Waals surface area contributed by atoms with E-state index in [1.807, 2.05) is 0 Å². The van der Waals surface area contributed by atoms with E-state index in [0.717, 1.165) is 24.8 Å². The molecule has 0 saturated heterocycles. The summed E-state index contributed by atoms with van der Waals surface area (Å²) in [5.41, 5.74) is 1.77. The standard InChI is InChI=1S/C21H20N2O4S/c1-11-3-8-15-16(9-11)28-20-17(15)19(25)22-18(23-20)12(2)27-21(26)14-6-4-13(10-24)5-7-14/h4-7,10-12H,3,8-9H2,1-2H3,(H,22,23,25)/t11-,12-/m1/s1. The average Bonchev–Trinajstić information content (AvgIpc) is 3.05. The lowest BCUT2D eigenvalue weighted by Gasteiger charge is -2.17. The van der Waals surface area contributed by atoms with Gasteiger partial charge in [-0.1, -0.05) is 19.1 Å². The minimum absolute atomic E-state index is 0.176. The van der Waals surface area contributed by atoms with Crippen LogP contribution in [0.25, 0.3) is 10.2 Å². The quantitative estimate of drug-likeness (QED) is 0.535. The first-order valence-electron chi connectivity index (χ1n) is 9.27. The summed E-state index contributed by atoms with van der Waals surface area (Å²) in [4.78, 5) is 45.1. The minimum atomic E-state index is -0.701. The third-order valence-corrected chi connectivity index (χ3v) is 6.28. The maximum Gasteiger partial charge on any atom is 0.338 e. The molecule has 1 aromatic carbocycles. The van der Waals surface area contributed by atoms with Crippen LogP contribution in [0.15, 0.2) is 29.1 Å². The molecule has 0 radical (unpaired) electrons. The molecule has 2 aromatic heterocycles. The second kappa shape index (κ2) is 7.31. The molecule has 6 nitrogen and oxygen atoms in total. The number of nitrogens with one attached hydrogen (secondary N) is 1. The molecule has 0 fully saturated rings. The predicted octanol–water partition coefficient (Wildman–Crippen LogP) is 3.84. The maximum atomic E-state index is 12.7. The molecule has 3 aromatic rings. The van der Waals surface area contributed by atoms with E-state index in [9.17, 15) is 14.4 Å². The highest BCUT2D eigenvalue weighted by Gasteiger charge is 2.24. The Bertz CT molecular complexity index is 1110. The Morgan fingerprint density at radius 1 is 1.36 bits per heavy atom. The van der Waals surface area contributed by atoms with Crippen LogP contribution in [0.5, 0.6) is 0 Å². The zero-order valence-corrected chi connectivity index (χ0v) is 16.5. The number of rotatable bonds is 4. The third-order valence-electron chi connectivity index (χ3n) is 5.14. The second-order valence-electron chi connectivity index (χ2n) is 7.27. The molecule has 0 unspecified atom stereocenters. The van der Waals surface area contributed by atoms with E-state index < -0.39 is 12.1 Å². The highest BCUT2D eigenvalue weighted by molar-refractivity contribution is 7.18. The monoisotopic (exact) mass is 396 g/mol. The first kappa shape index (κ1) is 18.6. The van der Waals surface area contributed by atoms with E-state index in [2.05, 4.69) is 16.9 Å². The lowest BCUT2D eigenvalue weighted by molar-refractivity contribution is 0.0320. The largest absolute Gasteiger partial charge is 0.451 e. The molecule has 1 aliphatic rings. The highest BCUT2D eigenvalue weighted by Crippen LogP contribution is 2.36. The lowest BCUT2D eigenvalue weighted by Crippen LogP contribution is -2.18. The number of nitrogens with zero attached hydrogens (tertiary/aromatic N) is 1. The van der Waals surface area contributed by atoms with Gasteiger partial charge in [0.2, 0.25) is 0 Å². The van der Waals surface area contributed by atoms with Gasteiger partial charge in [-0.3, -0.25) is 9.59 Å². The van der Waals surface area contributed by atoms with Crippen molar-refractivity contribution < 1.29 is 14.3 Å². The lowest BCUT2D eigenvalue weighted by atomic mass is 9.89. The molecule has 28 heavy (non-hydrogen) atoms. The fourth-order valence-electron chi connectivity index (χ4n) is 3.54. The van der Waals surface area contributed by atoms with Crippen molar-refractivity contribution in [2.45, 2.75) is 39.2 Å². The first-order chi connectivity index (χ1) is 13.5. The van der Waals surface area contributed by atoms with Crippen LogP contribution in [-0.2, 0) is 17.6 Å². The van der Waals surface area contributed by atoms with E-state index in [0.29, 0.717) is 39.4 Å². The van der Waals surface area contributed by atoms with Crippen molar-refractivity contribution in [2.24, 2.45) is 5.92 Å². The molecule has 1 aliphatic carbocycles. The third kappa shape index (κ3) is 3.38. The Morgan fingerprint density at radius 3 is 2.82 bits per heavy atom. The Hall–Kier alpha value is -2.80. The van der Waals surface area contributed by atoms with Crippen molar-refractivity contribution in [3.8, 4) is 0 Å². The molecule has 2 atom stereocenters. The molecule has 144 valence electrons. The van der Waals surface area contributed by atoms with Gasteiger partial charge in [-0.15, -0.1) is 11.3 Å². The summed E-state index contributed by atoms with van der Waals surface area (Å²) in [6.45, 7) is 3.90. The number of hydrogen-bond donors (Lipinski definition) is 1. The molecule has 1 N–H and O–H groups in total. The smallest absolute Gasteiger partial charge is 0.338 e. The highest BCUT2D eigenvalue weighted by atomic mass is 32.1. The van der Waals surface area contributed by atoms with Gasteiger partial charge in [0, 0.05) is 10.4 Å². The number of thiophene rings is 1. The molecule has 0 bridgehead atoms. The fraction of sp³-hybridized carbons (Fsp3) is 0.333. The molecule has 2 heterocycles. The van der Waals surface area contributed by atoms with Crippen LogP contribution in [0.3, 0.4) is 0 Å². The van der Waals surface area contributed by atoms with Crippen LogP contribution in [-0.4, -0.2) is 22.2 Å². The van der Waals surface area contributed by atoms with Crippen LogP contribution in [0.4, 0.5) is 0 Å². The van der Waals surface area contributed by atoms with E-state index in [4.69, 9.17) is 4.74 Å². The number of hydrogen-bond acceptors (Lipinski definition) is 6. The molecule has 0 saturated carbocycles. The number of aromatic amines is 1. The van der Waals surface area contributed by atoms with E-state index in [1.54, 1.807) is 30.4 Å². The molecular formula is C21H20N2O4S. The Morgan fingerprint density at radius 2 is 2.11 bits per heavy atom. The fourth-order valence-corrected chi connectivity index (χ4v) is 4.93. The summed E-state index contributed by atoms with van der Waals surface area (Å²) in [7, 11) is 0. The van der Waals surface area contributed by atoms with Gasteiger partial charge in [0.25, 0.3) is 5.56 Å². The van der Waals surface area contributed by atoms with Gasteiger partial charge in [0.05, 0.1) is 10.9 Å². The van der Waals surface area contributed by atoms with Crippen molar-refractivity contribution >= 4 is 33.8 Å². The molecule has 7 heteroatoms. The number of aromatic nitrogens is 2. The zero-order valence-electron chi connectivity index (χ0n) is 15.7. The zero-order chi connectivity index (χ0) is 19.8. The van der Waals surface area contributed by atoms with Crippen LogP contribution in [0, 0.1) is 5.92 Å². The maximum absolute atomic E-state index is 12.7. The van der Waals surface area contributed by atoms with Gasteiger partial charge in [0.1, 0.15) is 11.1 Å². The summed E-state index contributed by atoms with van der Waals surface area (Å²) in [5, 5.41) is 0.679. The number of ether oxygens (including phenoxy) is 1. The summed E-state index contributed by atoms with van der Waals surface area (Å²) in [6.07, 6.45) is 2.97. The van der Waals surface area contributed by atoms with Gasteiger partial charge < -0.3 is 9.72 Å². The summed E-state index contributed by atoms with van der Waals surface area (Å²) in [5.74, 6) is 0.415. The predicted molar refractivity (Wildman–Crippen MR) is 107 cm³/mol.